The van der Waals surface area contributed by atoms with Gasteiger partial charge in [-0.2, -0.15) is 0 Å². The molecule has 1 fully saturated rings. The fourth-order valence-corrected chi connectivity index (χ4v) is 6.51. The summed E-state index contributed by atoms with van der Waals surface area (Å²) in [6, 6.07) is 26.5. The number of phosphoric ester groups is 3. The third-order valence-electron chi connectivity index (χ3n) is 6.39. The number of aliphatic hydroxyl groups is 1. The number of hydrogen-bond donors (Lipinski definition) is 7. The van der Waals surface area contributed by atoms with Crippen molar-refractivity contribution in [2.75, 3.05) is 6.61 Å². The van der Waals surface area contributed by atoms with E-state index in [1.54, 1.807) is 91.0 Å². The van der Waals surface area contributed by atoms with Crippen LogP contribution in [0.2, 0.25) is 0 Å². The lowest BCUT2D eigenvalue weighted by molar-refractivity contribution is -0.282. The van der Waals surface area contributed by atoms with Crippen LogP contribution in [0.3, 0.4) is 0 Å². The molecular weight excluding hydrogens is 633 g/mol. The zero-order valence-electron chi connectivity index (χ0n) is 22.0. The van der Waals surface area contributed by atoms with Crippen LogP contribution in [0.4, 0.5) is 0 Å². The summed E-state index contributed by atoms with van der Waals surface area (Å²) in [5.41, 5.74) is 0.370. The quantitative estimate of drug-likeness (QED) is 0.109. The molecule has 0 radical (unpaired) electrons. The van der Waals surface area contributed by atoms with Gasteiger partial charge in [0, 0.05) is 0 Å². The fourth-order valence-electron chi connectivity index (χ4n) is 4.84. The maximum absolute atomic E-state index is 12.0. The van der Waals surface area contributed by atoms with Crippen molar-refractivity contribution in [2.24, 2.45) is 0 Å². The van der Waals surface area contributed by atoms with Crippen molar-refractivity contribution in [3.8, 4) is 0 Å². The summed E-state index contributed by atoms with van der Waals surface area (Å²) in [4.78, 5) is 57.0. The SMILES string of the molecule is O=P(O)(O)O[C@@H]1[C@@H](OP(=O)(O)O)[C@H](COC(c2ccccc2)(c2ccccc2)c2ccccc2)O[C@H](O)[C@H]1OP(=O)(O)O. The van der Waals surface area contributed by atoms with Crippen LogP contribution in [-0.2, 0) is 42.3 Å². The largest absolute Gasteiger partial charge is 0.470 e. The Hall–Kier alpha value is -2.13. The maximum Gasteiger partial charge on any atom is 0.470 e. The molecule has 43 heavy (non-hydrogen) atoms. The molecule has 5 atom stereocenters. The van der Waals surface area contributed by atoms with Crippen LogP contribution in [0, 0.1) is 0 Å². The zero-order valence-corrected chi connectivity index (χ0v) is 24.7. The highest BCUT2D eigenvalue weighted by atomic mass is 31.2. The van der Waals surface area contributed by atoms with Crippen molar-refractivity contribution < 1.29 is 71.2 Å². The molecule has 0 saturated carbocycles. The number of aliphatic hydroxyl groups excluding tert-OH is 1. The van der Waals surface area contributed by atoms with Crippen LogP contribution >= 0.6 is 23.5 Å². The first-order chi connectivity index (χ1) is 20.1. The minimum absolute atomic E-state index is 0.599. The molecule has 1 saturated heterocycles. The highest BCUT2D eigenvalue weighted by Crippen LogP contribution is 2.50. The van der Waals surface area contributed by atoms with Crippen LogP contribution in [-0.4, -0.2) is 71.8 Å². The minimum Gasteiger partial charge on any atom is -0.366 e. The molecule has 7 N–H and O–H groups in total. The first kappa shape index (κ1) is 33.8. The number of benzene rings is 3. The fraction of sp³-hybridized carbons (Fsp3) is 0.280. The smallest absolute Gasteiger partial charge is 0.366 e. The molecule has 1 aliphatic rings. The second kappa shape index (κ2) is 13.5. The van der Waals surface area contributed by atoms with Crippen molar-refractivity contribution in [3.05, 3.63) is 108 Å². The predicted octanol–water partition coefficient (Wildman–Crippen LogP) is 2.15. The van der Waals surface area contributed by atoms with Gasteiger partial charge in [-0.3, -0.25) is 13.6 Å². The van der Waals surface area contributed by atoms with E-state index >= 15 is 0 Å². The number of phosphoric acid groups is 3. The summed E-state index contributed by atoms with van der Waals surface area (Å²) in [5.74, 6) is 0. The van der Waals surface area contributed by atoms with E-state index in [1.807, 2.05) is 0 Å². The predicted molar refractivity (Wildman–Crippen MR) is 147 cm³/mol. The van der Waals surface area contributed by atoms with Gasteiger partial charge in [-0.25, -0.2) is 13.7 Å². The highest BCUT2D eigenvalue weighted by molar-refractivity contribution is 7.47. The molecule has 0 amide bonds. The Balaban J connectivity index is 1.83. The number of ether oxygens (including phenoxy) is 2. The van der Waals surface area contributed by atoms with Crippen LogP contribution in [0.25, 0.3) is 0 Å². The van der Waals surface area contributed by atoms with E-state index in [-0.39, 0.29) is 0 Å². The second-order valence-electron chi connectivity index (χ2n) is 9.34. The molecule has 3 aromatic rings. The van der Waals surface area contributed by atoms with Gasteiger partial charge < -0.3 is 43.9 Å². The molecule has 4 rings (SSSR count). The highest BCUT2D eigenvalue weighted by Gasteiger charge is 2.54. The van der Waals surface area contributed by atoms with Gasteiger partial charge >= 0.3 is 23.5 Å². The van der Waals surface area contributed by atoms with Gasteiger partial charge in [0.05, 0.1) is 6.61 Å². The first-order valence-electron chi connectivity index (χ1n) is 12.4. The maximum atomic E-state index is 12.0. The lowest BCUT2D eigenvalue weighted by atomic mass is 9.80. The van der Waals surface area contributed by atoms with Gasteiger partial charge in [0.1, 0.15) is 30.0 Å². The molecule has 15 nitrogen and oxygen atoms in total. The molecule has 0 spiro atoms. The van der Waals surface area contributed by atoms with E-state index in [0.717, 1.165) is 0 Å². The average molecular weight is 662 g/mol. The van der Waals surface area contributed by atoms with Crippen molar-refractivity contribution in [2.45, 2.75) is 36.3 Å². The van der Waals surface area contributed by atoms with Crippen molar-refractivity contribution in [1.29, 1.82) is 0 Å². The van der Waals surface area contributed by atoms with Crippen molar-refractivity contribution >= 4 is 23.5 Å². The Morgan fingerprint density at radius 2 is 0.930 bits per heavy atom. The van der Waals surface area contributed by atoms with Gasteiger partial charge in [0.25, 0.3) is 0 Å². The summed E-state index contributed by atoms with van der Waals surface area (Å²) in [7, 11) is -16.6. The molecule has 0 bridgehead atoms. The lowest BCUT2D eigenvalue weighted by Crippen LogP contribution is -2.61. The Morgan fingerprint density at radius 1 is 0.581 bits per heavy atom. The Morgan fingerprint density at radius 3 is 1.30 bits per heavy atom. The van der Waals surface area contributed by atoms with Crippen LogP contribution in [0.1, 0.15) is 16.7 Å². The van der Waals surface area contributed by atoms with E-state index in [2.05, 4.69) is 9.05 Å². The molecule has 0 aliphatic carbocycles. The normalized spacial score (nSPS) is 23.7. The van der Waals surface area contributed by atoms with E-state index < -0.39 is 66.4 Å². The summed E-state index contributed by atoms with van der Waals surface area (Å²) in [6.07, 6.45) is -11.0. The van der Waals surface area contributed by atoms with Gasteiger partial charge in [-0.1, -0.05) is 91.0 Å². The molecule has 234 valence electrons. The van der Waals surface area contributed by atoms with Gasteiger partial charge in [-0.15, -0.1) is 0 Å². The van der Waals surface area contributed by atoms with E-state index in [9.17, 15) is 48.2 Å². The summed E-state index contributed by atoms with van der Waals surface area (Å²) in [6.45, 7) is -0.677. The minimum atomic E-state index is -5.56. The van der Waals surface area contributed by atoms with Gasteiger partial charge in [0.15, 0.2) is 6.29 Å². The molecule has 1 heterocycles. The zero-order chi connectivity index (χ0) is 31.5. The Kier molecular flexibility index (Phi) is 10.6. The first-order valence-corrected chi connectivity index (χ1v) is 17.0. The van der Waals surface area contributed by atoms with Crippen molar-refractivity contribution in [1.82, 2.24) is 0 Å². The van der Waals surface area contributed by atoms with E-state index in [0.29, 0.717) is 16.7 Å². The van der Waals surface area contributed by atoms with Crippen LogP contribution in [0.15, 0.2) is 91.0 Å². The third kappa shape index (κ3) is 8.74. The Labute approximate surface area is 245 Å². The summed E-state index contributed by atoms with van der Waals surface area (Å²) in [5, 5.41) is 10.6. The topological polar surface area (TPSA) is 239 Å². The van der Waals surface area contributed by atoms with Crippen LogP contribution < -0.4 is 0 Å². The standard InChI is InChI=1S/C25H29O15P3/c26-24-23(40-43(33,34)35)22(39-42(30,31)32)21(38-41(27,28)29)20(37-24)16-36-25(17-10-4-1-5-11-17,18-12-6-2-7-13-18)19-14-8-3-9-15-19/h1-15,20-24,26H,16H2,(H2,27,28,29)(H2,30,31,32)(H2,33,34,35)/t20-,21-,22+,23-,24-/m0/s1. The second-order valence-corrected chi connectivity index (χ2v) is 12.9. The molecular formula is C25H29O15P3. The van der Waals surface area contributed by atoms with E-state index in [1.165, 1.54) is 0 Å². The Bertz CT molecular complexity index is 1380. The van der Waals surface area contributed by atoms with Crippen molar-refractivity contribution in [3.63, 3.8) is 0 Å². The monoisotopic (exact) mass is 662 g/mol. The van der Waals surface area contributed by atoms with E-state index in [4.69, 9.17) is 14.0 Å². The number of rotatable bonds is 12. The molecule has 0 unspecified atom stereocenters. The lowest BCUT2D eigenvalue weighted by Gasteiger charge is -2.45. The third-order valence-corrected chi connectivity index (χ3v) is 7.95. The molecule has 3 aromatic carbocycles. The average Bonchev–Trinajstić information content (AvgIpc) is 2.93. The van der Waals surface area contributed by atoms with Crippen LogP contribution in [0.5, 0.6) is 0 Å². The summed E-state index contributed by atoms with van der Waals surface area (Å²) >= 11 is 0. The molecule has 0 aromatic heterocycles. The van der Waals surface area contributed by atoms with Gasteiger partial charge in [-0.05, 0) is 16.7 Å². The summed E-state index contributed by atoms with van der Waals surface area (Å²) < 4.78 is 61.2. The molecule has 18 heteroatoms. The molecule has 1 aliphatic heterocycles. The van der Waals surface area contributed by atoms with Gasteiger partial charge in [0.2, 0.25) is 0 Å². The number of hydrogen-bond acceptors (Lipinski definition) is 9.